The first kappa shape index (κ1) is 8.92. The van der Waals surface area contributed by atoms with Crippen molar-refractivity contribution < 1.29 is 20.4 Å². The van der Waals surface area contributed by atoms with E-state index in [1.807, 2.05) is 0 Å². The minimum absolute atomic E-state index is 0. The summed E-state index contributed by atoms with van der Waals surface area (Å²) in [7, 11) is 1.08. The summed E-state index contributed by atoms with van der Waals surface area (Å²) in [5.41, 5.74) is 0. The maximum absolute atomic E-state index is 2.15. The van der Waals surface area contributed by atoms with Crippen LogP contribution in [0, 0.1) is 0 Å². The first-order valence-electron chi connectivity index (χ1n) is 1.00. The largest absolute Gasteiger partial charge is 0.129 e. The predicted octanol–water partition coefficient (Wildman–Crippen LogP) is 0.922. The van der Waals surface area contributed by atoms with Gasteiger partial charge in [-0.05, 0) is 13.3 Å². The molecule has 0 fully saturated rings. The molecule has 2 heteroatoms. The van der Waals surface area contributed by atoms with Crippen molar-refractivity contribution in [1.82, 2.24) is 0 Å². The molecule has 0 amide bonds. The Labute approximate surface area is 42.8 Å². The summed E-state index contributed by atoms with van der Waals surface area (Å²) in [4.78, 5) is 0. The second-order valence-electron chi connectivity index (χ2n) is 0.500. The Morgan fingerprint density at radius 2 is 1.25 bits per heavy atom. The van der Waals surface area contributed by atoms with Crippen LogP contribution < -0.4 is 0 Å². The normalized spacial score (nSPS) is 4.50. The molecule has 0 aliphatic heterocycles. The average Bonchev–Trinajstić information content (AvgIpc) is 0.918. The van der Waals surface area contributed by atoms with Gasteiger partial charge >= 0.3 is 0 Å². The Morgan fingerprint density at radius 1 is 1.25 bits per heavy atom. The summed E-state index contributed by atoms with van der Waals surface area (Å²) in [6.07, 6.45) is 0. The van der Waals surface area contributed by atoms with Crippen LogP contribution in [-0.2, 0) is 20.4 Å². The first-order chi connectivity index (χ1) is 1.41. The molecule has 0 atom stereocenters. The SMILES string of the molecule is CPC.[Pd]. The standard InChI is InChI=1S/C2H7P.Pd/c1-3-2;/h3H,1-2H3;. The Hall–Kier alpha value is 1.09. The van der Waals surface area contributed by atoms with E-state index in [9.17, 15) is 0 Å². The van der Waals surface area contributed by atoms with E-state index >= 15 is 0 Å². The summed E-state index contributed by atoms with van der Waals surface area (Å²) in [5, 5.41) is 0. The molecule has 0 bridgehead atoms. The molecule has 0 heterocycles. The van der Waals surface area contributed by atoms with Gasteiger partial charge in [-0.25, -0.2) is 0 Å². The number of hydrogen-bond acceptors (Lipinski definition) is 0. The smallest absolute Gasteiger partial charge is 0 e. The molecule has 0 aromatic heterocycles. The monoisotopic (exact) mass is 168 g/mol. The molecule has 0 spiro atoms. The van der Waals surface area contributed by atoms with Crippen LogP contribution in [0.5, 0.6) is 0 Å². The van der Waals surface area contributed by atoms with Gasteiger partial charge in [0.25, 0.3) is 0 Å². The van der Waals surface area contributed by atoms with Crippen molar-refractivity contribution in [2.24, 2.45) is 0 Å². The van der Waals surface area contributed by atoms with Crippen LogP contribution >= 0.6 is 8.58 Å². The van der Waals surface area contributed by atoms with Gasteiger partial charge in [-0.2, -0.15) is 0 Å². The molecule has 0 aliphatic rings. The molecule has 0 saturated carbocycles. The Kier molecular flexibility index (Phi) is 19.9. The van der Waals surface area contributed by atoms with Crippen molar-refractivity contribution in [2.45, 2.75) is 0 Å². The fourth-order valence-corrected chi connectivity index (χ4v) is 0. The summed E-state index contributed by atoms with van der Waals surface area (Å²) >= 11 is 0. The van der Waals surface area contributed by atoms with Crippen LogP contribution in [-0.4, -0.2) is 13.3 Å². The van der Waals surface area contributed by atoms with Gasteiger partial charge in [-0.3, -0.25) is 0 Å². The fraction of sp³-hybridized carbons (Fsp3) is 1.00. The summed E-state index contributed by atoms with van der Waals surface area (Å²) < 4.78 is 0. The molecule has 0 aromatic carbocycles. The van der Waals surface area contributed by atoms with E-state index in [1.54, 1.807) is 0 Å². The maximum atomic E-state index is 2.15. The van der Waals surface area contributed by atoms with Crippen molar-refractivity contribution in [1.29, 1.82) is 0 Å². The van der Waals surface area contributed by atoms with Crippen LogP contribution in [0.3, 0.4) is 0 Å². The van der Waals surface area contributed by atoms with Crippen molar-refractivity contribution in [3.8, 4) is 0 Å². The van der Waals surface area contributed by atoms with Crippen molar-refractivity contribution in [2.75, 3.05) is 13.3 Å². The maximum Gasteiger partial charge on any atom is 0 e. The minimum Gasteiger partial charge on any atom is -0.129 e. The fourth-order valence-electron chi connectivity index (χ4n) is 0. The zero-order valence-corrected chi connectivity index (χ0v) is 5.37. The van der Waals surface area contributed by atoms with Crippen LogP contribution in [0.4, 0.5) is 0 Å². The molecule has 0 nitrogen and oxygen atoms in total. The van der Waals surface area contributed by atoms with Crippen LogP contribution in [0.2, 0.25) is 0 Å². The second kappa shape index (κ2) is 8.94. The average molecular weight is 168 g/mol. The van der Waals surface area contributed by atoms with Crippen molar-refractivity contribution in [3.05, 3.63) is 0 Å². The molecular formula is C2H7PPd. The van der Waals surface area contributed by atoms with Crippen molar-refractivity contribution in [3.63, 3.8) is 0 Å². The van der Waals surface area contributed by atoms with E-state index in [4.69, 9.17) is 0 Å². The van der Waals surface area contributed by atoms with Gasteiger partial charge < -0.3 is 0 Å². The summed E-state index contributed by atoms with van der Waals surface area (Å²) in [6.45, 7) is 4.31. The molecule has 0 aliphatic carbocycles. The zero-order valence-electron chi connectivity index (χ0n) is 2.82. The first-order valence-corrected chi connectivity index (χ1v) is 3.00. The summed E-state index contributed by atoms with van der Waals surface area (Å²) in [5.74, 6) is 0. The third kappa shape index (κ3) is 11.3. The molecular weight excluding hydrogens is 161 g/mol. The van der Waals surface area contributed by atoms with E-state index < -0.39 is 0 Å². The van der Waals surface area contributed by atoms with E-state index in [1.165, 1.54) is 0 Å². The third-order valence-corrected chi connectivity index (χ3v) is 0. The van der Waals surface area contributed by atoms with E-state index in [0.717, 1.165) is 8.58 Å². The molecule has 0 saturated heterocycles. The number of rotatable bonds is 0. The molecule has 0 unspecified atom stereocenters. The molecule has 4 heavy (non-hydrogen) atoms. The minimum atomic E-state index is 0. The van der Waals surface area contributed by atoms with Gasteiger partial charge in [0.15, 0.2) is 0 Å². The van der Waals surface area contributed by atoms with Gasteiger partial charge in [-0.15, -0.1) is 8.58 Å². The third-order valence-electron chi connectivity index (χ3n) is 0. The molecule has 0 N–H and O–H groups in total. The second-order valence-corrected chi connectivity index (χ2v) is 1.50. The van der Waals surface area contributed by atoms with Gasteiger partial charge in [0.1, 0.15) is 0 Å². The quantitative estimate of drug-likeness (QED) is 0.373. The Balaban J connectivity index is 0. The van der Waals surface area contributed by atoms with Crippen molar-refractivity contribution >= 4 is 8.58 Å². The van der Waals surface area contributed by atoms with Gasteiger partial charge in [0.2, 0.25) is 0 Å². The Morgan fingerprint density at radius 3 is 1.25 bits per heavy atom. The molecule has 0 radical (unpaired) electrons. The molecule has 30 valence electrons. The topological polar surface area (TPSA) is 0 Å². The van der Waals surface area contributed by atoms with Gasteiger partial charge in [-0.1, -0.05) is 0 Å². The molecule has 0 aromatic rings. The van der Waals surface area contributed by atoms with Gasteiger partial charge in [0, 0.05) is 20.4 Å². The van der Waals surface area contributed by atoms with Crippen LogP contribution in [0.25, 0.3) is 0 Å². The molecule has 0 rings (SSSR count). The van der Waals surface area contributed by atoms with Gasteiger partial charge in [0.05, 0.1) is 0 Å². The van der Waals surface area contributed by atoms with E-state index in [-0.39, 0.29) is 20.4 Å². The van der Waals surface area contributed by atoms with Crippen LogP contribution in [0.15, 0.2) is 0 Å². The zero-order chi connectivity index (χ0) is 2.71. The summed E-state index contributed by atoms with van der Waals surface area (Å²) in [6, 6.07) is 0. The number of hydrogen-bond donors (Lipinski definition) is 0. The van der Waals surface area contributed by atoms with Crippen LogP contribution in [0.1, 0.15) is 0 Å². The van der Waals surface area contributed by atoms with E-state index in [2.05, 4.69) is 13.3 Å². The van der Waals surface area contributed by atoms with E-state index in [0.29, 0.717) is 0 Å². The Bertz CT molecular complexity index is 6.00. The predicted molar refractivity (Wildman–Crippen MR) is 20.2 cm³/mol.